The molecule has 0 aliphatic carbocycles. The lowest BCUT2D eigenvalue weighted by molar-refractivity contribution is -0.143. The number of aliphatic hydroxyl groups excluding tert-OH is 1. The highest BCUT2D eigenvalue weighted by Gasteiger charge is 2.47. The highest BCUT2D eigenvalue weighted by Crippen LogP contribution is 2.38. The van der Waals surface area contributed by atoms with Crippen LogP contribution in [0.1, 0.15) is 38.2 Å². The van der Waals surface area contributed by atoms with Crippen molar-refractivity contribution in [3.8, 4) is 0 Å². The third-order valence-electron chi connectivity index (χ3n) is 4.76. The first kappa shape index (κ1) is 13.6. The molecule has 4 nitrogen and oxygen atoms in total. The number of nitrogens with zero attached hydrogens (tertiary/aromatic N) is 1. The number of hydrogen-bond acceptors (Lipinski definition) is 3. The van der Waals surface area contributed by atoms with E-state index < -0.39 is 5.54 Å². The van der Waals surface area contributed by atoms with Gasteiger partial charge in [0.15, 0.2) is 0 Å². The molecule has 3 rings (SSSR count). The second kappa shape index (κ2) is 4.86. The van der Waals surface area contributed by atoms with Gasteiger partial charge >= 0.3 is 0 Å². The third-order valence-corrected chi connectivity index (χ3v) is 4.76. The third kappa shape index (κ3) is 2.13. The molecule has 2 saturated heterocycles. The van der Waals surface area contributed by atoms with Gasteiger partial charge < -0.3 is 15.7 Å². The fraction of sp³-hybridized carbons (Fsp3) is 0.562. The molecule has 3 unspecified atom stereocenters. The summed E-state index contributed by atoms with van der Waals surface area (Å²) in [5.74, 6) is -0.0110. The number of amides is 1. The van der Waals surface area contributed by atoms with Crippen molar-refractivity contribution in [2.45, 2.75) is 56.3 Å². The van der Waals surface area contributed by atoms with E-state index in [-0.39, 0.29) is 24.1 Å². The standard InChI is InChI=1S/C16H22N2O2/c1-16(17,11-5-3-2-4-6-11)15(20)18-12-7-8-13(18)10-14(19)9-12/h2-6,12-14,19H,7-10,17H2,1H3. The van der Waals surface area contributed by atoms with E-state index in [1.807, 2.05) is 35.2 Å². The molecule has 1 aromatic rings. The minimum Gasteiger partial charge on any atom is -0.393 e. The molecule has 20 heavy (non-hydrogen) atoms. The molecule has 2 aliphatic heterocycles. The fourth-order valence-electron chi connectivity index (χ4n) is 3.66. The molecule has 2 heterocycles. The number of carbonyl (C=O) groups excluding carboxylic acids is 1. The minimum absolute atomic E-state index is 0.0110. The molecule has 0 radical (unpaired) electrons. The molecule has 2 fully saturated rings. The number of hydrogen-bond donors (Lipinski definition) is 2. The van der Waals surface area contributed by atoms with E-state index in [1.54, 1.807) is 6.92 Å². The number of benzene rings is 1. The molecular formula is C16H22N2O2. The zero-order chi connectivity index (χ0) is 14.3. The topological polar surface area (TPSA) is 66.6 Å². The van der Waals surface area contributed by atoms with Crippen molar-refractivity contribution in [2.24, 2.45) is 5.73 Å². The van der Waals surface area contributed by atoms with Gasteiger partial charge in [0, 0.05) is 12.1 Å². The predicted octanol–water partition coefficient (Wildman–Crippen LogP) is 1.37. The van der Waals surface area contributed by atoms with E-state index in [0.29, 0.717) is 12.8 Å². The molecule has 3 atom stereocenters. The van der Waals surface area contributed by atoms with Crippen molar-refractivity contribution < 1.29 is 9.90 Å². The van der Waals surface area contributed by atoms with Crippen LogP contribution in [0.5, 0.6) is 0 Å². The highest BCUT2D eigenvalue weighted by atomic mass is 16.3. The zero-order valence-corrected chi connectivity index (χ0v) is 11.8. The van der Waals surface area contributed by atoms with Crippen LogP contribution in [0.2, 0.25) is 0 Å². The predicted molar refractivity (Wildman–Crippen MR) is 76.9 cm³/mol. The van der Waals surface area contributed by atoms with Gasteiger partial charge in [-0.05, 0) is 38.2 Å². The zero-order valence-electron chi connectivity index (χ0n) is 11.8. The van der Waals surface area contributed by atoms with Gasteiger partial charge in [0.05, 0.1) is 6.10 Å². The number of aliphatic hydroxyl groups is 1. The highest BCUT2D eigenvalue weighted by molar-refractivity contribution is 5.88. The molecule has 4 heteroatoms. The Kier molecular flexibility index (Phi) is 3.30. The fourth-order valence-corrected chi connectivity index (χ4v) is 3.66. The van der Waals surface area contributed by atoms with E-state index in [4.69, 9.17) is 5.73 Å². The molecule has 0 aromatic heterocycles. The number of piperidine rings is 1. The van der Waals surface area contributed by atoms with Gasteiger partial charge in [0.1, 0.15) is 5.54 Å². The van der Waals surface area contributed by atoms with Crippen molar-refractivity contribution in [1.82, 2.24) is 4.90 Å². The van der Waals surface area contributed by atoms with Gasteiger partial charge in [0.2, 0.25) is 5.91 Å². The van der Waals surface area contributed by atoms with Gasteiger partial charge in [-0.2, -0.15) is 0 Å². The Hall–Kier alpha value is -1.39. The summed E-state index contributed by atoms with van der Waals surface area (Å²) in [6.07, 6.45) is 3.08. The number of rotatable bonds is 2. The smallest absolute Gasteiger partial charge is 0.247 e. The maximum Gasteiger partial charge on any atom is 0.247 e. The van der Waals surface area contributed by atoms with Crippen LogP contribution in [0.15, 0.2) is 30.3 Å². The van der Waals surface area contributed by atoms with E-state index in [9.17, 15) is 9.90 Å². The quantitative estimate of drug-likeness (QED) is 0.856. The number of fused-ring (bicyclic) bond motifs is 2. The van der Waals surface area contributed by atoms with Crippen LogP contribution in [0.25, 0.3) is 0 Å². The average Bonchev–Trinajstić information content (AvgIpc) is 2.70. The monoisotopic (exact) mass is 274 g/mol. The molecule has 2 bridgehead atoms. The maximum absolute atomic E-state index is 12.9. The Bertz CT molecular complexity index is 486. The molecule has 3 N–H and O–H groups in total. The molecule has 2 aliphatic rings. The van der Waals surface area contributed by atoms with Crippen molar-refractivity contribution in [1.29, 1.82) is 0 Å². The van der Waals surface area contributed by atoms with E-state index in [2.05, 4.69) is 0 Å². The molecule has 108 valence electrons. The molecule has 1 aromatic carbocycles. The summed E-state index contributed by atoms with van der Waals surface area (Å²) in [7, 11) is 0. The lowest BCUT2D eigenvalue weighted by atomic mass is 9.89. The first-order valence-electron chi connectivity index (χ1n) is 7.35. The normalized spacial score (nSPS) is 31.9. The Morgan fingerprint density at radius 2 is 1.80 bits per heavy atom. The van der Waals surface area contributed by atoms with Crippen molar-refractivity contribution in [2.75, 3.05) is 0 Å². The number of nitrogens with two attached hydrogens (primary N) is 1. The van der Waals surface area contributed by atoms with E-state index >= 15 is 0 Å². The van der Waals surface area contributed by atoms with Crippen molar-refractivity contribution >= 4 is 5.91 Å². The molecule has 0 saturated carbocycles. The van der Waals surface area contributed by atoms with Gasteiger partial charge in [-0.15, -0.1) is 0 Å². The second-order valence-corrected chi connectivity index (χ2v) is 6.29. The Morgan fingerprint density at radius 1 is 1.25 bits per heavy atom. The summed E-state index contributed by atoms with van der Waals surface area (Å²) >= 11 is 0. The summed E-state index contributed by atoms with van der Waals surface area (Å²) < 4.78 is 0. The van der Waals surface area contributed by atoms with Crippen molar-refractivity contribution in [3.05, 3.63) is 35.9 Å². The summed E-state index contributed by atoms with van der Waals surface area (Å²) in [6, 6.07) is 9.85. The first-order valence-corrected chi connectivity index (χ1v) is 7.35. The molecule has 1 amide bonds. The Labute approximate surface area is 119 Å². The van der Waals surface area contributed by atoms with Crippen molar-refractivity contribution in [3.63, 3.8) is 0 Å². The van der Waals surface area contributed by atoms with Gasteiger partial charge in [-0.25, -0.2) is 0 Å². The summed E-state index contributed by atoms with van der Waals surface area (Å²) in [4.78, 5) is 14.9. The Balaban J connectivity index is 1.86. The van der Waals surface area contributed by atoms with Crippen LogP contribution in [0.3, 0.4) is 0 Å². The summed E-state index contributed by atoms with van der Waals surface area (Å²) in [5, 5.41) is 9.84. The van der Waals surface area contributed by atoms with E-state index in [0.717, 1.165) is 18.4 Å². The lowest BCUT2D eigenvalue weighted by Gasteiger charge is -2.41. The van der Waals surface area contributed by atoms with Gasteiger partial charge in [-0.3, -0.25) is 4.79 Å². The largest absolute Gasteiger partial charge is 0.393 e. The first-order chi connectivity index (χ1) is 9.50. The SMILES string of the molecule is CC(N)(C(=O)N1C2CCC1CC(O)C2)c1ccccc1. The van der Waals surface area contributed by atoms with E-state index in [1.165, 1.54) is 0 Å². The van der Waals surface area contributed by atoms with Gasteiger partial charge in [0.25, 0.3) is 0 Å². The van der Waals surface area contributed by atoms with Crippen LogP contribution >= 0.6 is 0 Å². The van der Waals surface area contributed by atoms with Crippen LogP contribution in [-0.2, 0) is 10.3 Å². The lowest BCUT2D eigenvalue weighted by Crippen LogP contribution is -2.57. The minimum atomic E-state index is -0.996. The second-order valence-electron chi connectivity index (χ2n) is 6.29. The van der Waals surface area contributed by atoms with Crippen LogP contribution in [0, 0.1) is 0 Å². The Morgan fingerprint density at radius 3 is 2.35 bits per heavy atom. The summed E-state index contributed by atoms with van der Waals surface area (Å²) in [5.41, 5.74) is 6.19. The maximum atomic E-state index is 12.9. The van der Waals surface area contributed by atoms with Crippen LogP contribution in [0.4, 0.5) is 0 Å². The molecular weight excluding hydrogens is 252 g/mol. The van der Waals surface area contributed by atoms with Crippen LogP contribution < -0.4 is 5.73 Å². The van der Waals surface area contributed by atoms with Crippen LogP contribution in [-0.4, -0.2) is 34.1 Å². The number of carbonyl (C=O) groups is 1. The van der Waals surface area contributed by atoms with Gasteiger partial charge in [-0.1, -0.05) is 30.3 Å². The molecule has 0 spiro atoms. The average molecular weight is 274 g/mol. The summed E-state index contributed by atoms with van der Waals surface area (Å²) in [6.45, 7) is 1.79.